The standard InChI is InChI=1S/C16H22O2/c17-16(8-5-12-3-1-2-4-12)13-6-7-14-10-18-11-15(14)9-13/h6-7,9,12,16-17H,1-5,8,10-11H2. The Hall–Kier alpha value is -0.860. The van der Waals surface area contributed by atoms with E-state index in [9.17, 15) is 5.11 Å². The van der Waals surface area contributed by atoms with Gasteiger partial charge in [-0.15, -0.1) is 0 Å². The van der Waals surface area contributed by atoms with E-state index >= 15 is 0 Å². The summed E-state index contributed by atoms with van der Waals surface area (Å²) in [5, 5.41) is 10.3. The lowest BCUT2D eigenvalue weighted by Gasteiger charge is -2.15. The van der Waals surface area contributed by atoms with Crippen LogP contribution in [0, 0.1) is 5.92 Å². The Morgan fingerprint density at radius 1 is 1.17 bits per heavy atom. The third kappa shape index (κ3) is 2.60. The van der Waals surface area contributed by atoms with Gasteiger partial charge in [0, 0.05) is 0 Å². The van der Waals surface area contributed by atoms with E-state index in [0.717, 1.165) is 24.5 Å². The maximum Gasteiger partial charge on any atom is 0.0790 e. The first-order chi connectivity index (χ1) is 8.83. The first kappa shape index (κ1) is 12.2. The molecular formula is C16H22O2. The maximum absolute atomic E-state index is 10.3. The minimum Gasteiger partial charge on any atom is -0.388 e. The molecule has 0 radical (unpaired) electrons. The van der Waals surface area contributed by atoms with Crippen molar-refractivity contribution in [3.63, 3.8) is 0 Å². The molecule has 0 aromatic heterocycles. The highest BCUT2D eigenvalue weighted by molar-refractivity contribution is 5.34. The van der Waals surface area contributed by atoms with Crippen molar-refractivity contribution >= 4 is 0 Å². The van der Waals surface area contributed by atoms with Crippen molar-refractivity contribution in [2.75, 3.05) is 0 Å². The number of benzene rings is 1. The summed E-state index contributed by atoms with van der Waals surface area (Å²) >= 11 is 0. The number of hydrogen-bond donors (Lipinski definition) is 1. The lowest BCUT2D eigenvalue weighted by Crippen LogP contribution is -2.02. The monoisotopic (exact) mass is 246 g/mol. The van der Waals surface area contributed by atoms with Gasteiger partial charge in [0.15, 0.2) is 0 Å². The number of aliphatic hydroxyl groups excluding tert-OH is 1. The second kappa shape index (κ2) is 5.41. The molecular weight excluding hydrogens is 224 g/mol. The molecule has 1 fully saturated rings. The molecule has 1 aromatic rings. The summed E-state index contributed by atoms with van der Waals surface area (Å²) in [6, 6.07) is 6.30. The van der Waals surface area contributed by atoms with Gasteiger partial charge in [0.25, 0.3) is 0 Å². The zero-order valence-electron chi connectivity index (χ0n) is 10.9. The zero-order chi connectivity index (χ0) is 12.4. The minimum atomic E-state index is -0.295. The number of hydrogen-bond acceptors (Lipinski definition) is 2. The lowest BCUT2D eigenvalue weighted by molar-refractivity contribution is 0.134. The van der Waals surface area contributed by atoms with Gasteiger partial charge in [-0.05, 0) is 35.4 Å². The molecule has 0 amide bonds. The predicted molar refractivity (Wildman–Crippen MR) is 71.1 cm³/mol. The first-order valence-corrected chi connectivity index (χ1v) is 7.20. The van der Waals surface area contributed by atoms with Gasteiger partial charge in [-0.3, -0.25) is 0 Å². The molecule has 2 nitrogen and oxygen atoms in total. The molecule has 1 saturated carbocycles. The highest BCUT2D eigenvalue weighted by Crippen LogP contribution is 2.32. The normalized spacial score (nSPS) is 21.2. The molecule has 2 aliphatic rings. The van der Waals surface area contributed by atoms with Crippen molar-refractivity contribution in [2.45, 2.75) is 57.8 Å². The number of aliphatic hydroxyl groups is 1. The second-order valence-corrected chi connectivity index (χ2v) is 5.76. The first-order valence-electron chi connectivity index (χ1n) is 7.20. The van der Waals surface area contributed by atoms with Gasteiger partial charge in [-0.25, -0.2) is 0 Å². The molecule has 0 bridgehead atoms. The van der Waals surface area contributed by atoms with Crippen molar-refractivity contribution < 1.29 is 9.84 Å². The Labute approximate surface area is 109 Å². The fourth-order valence-electron chi connectivity index (χ4n) is 3.26. The SMILES string of the molecule is OC(CCC1CCCC1)c1ccc2c(c1)COC2. The Morgan fingerprint density at radius 3 is 2.78 bits per heavy atom. The number of rotatable bonds is 4. The van der Waals surface area contributed by atoms with Crippen LogP contribution in [-0.4, -0.2) is 5.11 Å². The van der Waals surface area contributed by atoms with Gasteiger partial charge in [0.1, 0.15) is 0 Å². The summed E-state index contributed by atoms with van der Waals surface area (Å²) in [6.07, 6.45) is 7.29. The Kier molecular flexibility index (Phi) is 3.67. The Balaban J connectivity index is 1.59. The molecule has 1 aliphatic carbocycles. The average molecular weight is 246 g/mol. The van der Waals surface area contributed by atoms with Crippen molar-refractivity contribution in [1.29, 1.82) is 0 Å². The van der Waals surface area contributed by atoms with E-state index in [4.69, 9.17) is 4.74 Å². The molecule has 1 aliphatic heterocycles. The topological polar surface area (TPSA) is 29.5 Å². The highest BCUT2D eigenvalue weighted by Gasteiger charge is 2.18. The third-order valence-electron chi connectivity index (χ3n) is 4.45. The fourth-order valence-corrected chi connectivity index (χ4v) is 3.26. The second-order valence-electron chi connectivity index (χ2n) is 5.76. The van der Waals surface area contributed by atoms with E-state index in [0.29, 0.717) is 6.61 Å². The van der Waals surface area contributed by atoms with Gasteiger partial charge in [0.2, 0.25) is 0 Å². The number of fused-ring (bicyclic) bond motifs is 1. The van der Waals surface area contributed by atoms with Crippen LogP contribution in [0.1, 0.15) is 61.3 Å². The summed E-state index contributed by atoms with van der Waals surface area (Å²) in [5.74, 6) is 0.859. The molecule has 1 unspecified atom stereocenters. The van der Waals surface area contributed by atoms with Crippen LogP contribution in [0.5, 0.6) is 0 Å². The largest absolute Gasteiger partial charge is 0.388 e. The minimum absolute atomic E-state index is 0.295. The van der Waals surface area contributed by atoms with Crippen LogP contribution >= 0.6 is 0 Å². The predicted octanol–water partition coefficient (Wildman–Crippen LogP) is 3.72. The molecule has 18 heavy (non-hydrogen) atoms. The van der Waals surface area contributed by atoms with Crippen molar-refractivity contribution in [1.82, 2.24) is 0 Å². The van der Waals surface area contributed by atoms with Crippen LogP contribution in [0.2, 0.25) is 0 Å². The van der Waals surface area contributed by atoms with Crippen LogP contribution in [0.25, 0.3) is 0 Å². The van der Waals surface area contributed by atoms with E-state index < -0.39 is 0 Å². The molecule has 1 heterocycles. The highest BCUT2D eigenvalue weighted by atomic mass is 16.5. The molecule has 1 N–H and O–H groups in total. The van der Waals surface area contributed by atoms with Crippen LogP contribution in [-0.2, 0) is 18.0 Å². The van der Waals surface area contributed by atoms with Crippen molar-refractivity contribution in [2.24, 2.45) is 5.92 Å². The third-order valence-corrected chi connectivity index (χ3v) is 4.45. The Morgan fingerprint density at radius 2 is 1.94 bits per heavy atom. The molecule has 0 spiro atoms. The quantitative estimate of drug-likeness (QED) is 0.877. The fraction of sp³-hybridized carbons (Fsp3) is 0.625. The van der Waals surface area contributed by atoms with Crippen LogP contribution in [0.15, 0.2) is 18.2 Å². The maximum atomic E-state index is 10.3. The summed E-state index contributed by atoms with van der Waals surface area (Å²) in [6.45, 7) is 1.44. The molecule has 1 aromatic carbocycles. The van der Waals surface area contributed by atoms with Crippen LogP contribution in [0.4, 0.5) is 0 Å². The van der Waals surface area contributed by atoms with E-state index in [-0.39, 0.29) is 6.10 Å². The van der Waals surface area contributed by atoms with E-state index in [1.807, 2.05) is 0 Å². The van der Waals surface area contributed by atoms with E-state index in [1.54, 1.807) is 0 Å². The van der Waals surface area contributed by atoms with Crippen LogP contribution < -0.4 is 0 Å². The van der Waals surface area contributed by atoms with E-state index in [2.05, 4.69) is 18.2 Å². The van der Waals surface area contributed by atoms with Gasteiger partial charge in [-0.1, -0.05) is 43.9 Å². The Bertz CT molecular complexity index is 408. The van der Waals surface area contributed by atoms with Gasteiger partial charge in [0.05, 0.1) is 19.3 Å². The van der Waals surface area contributed by atoms with Crippen molar-refractivity contribution in [3.05, 3.63) is 34.9 Å². The molecule has 2 heteroatoms. The summed E-state index contributed by atoms with van der Waals surface area (Å²) in [5.41, 5.74) is 3.60. The average Bonchev–Trinajstić information content (AvgIpc) is 3.05. The number of ether oxygens (including phenoxy) is 1. The summed E-state index contributed by atoms with van der Waals surface area (Å²) in [4.78, 5) is 0. The molecule has 3 rings (SSSR count). The summed E-state index contributed by atoms with van der Waals surface area (Å²) < 4.78 is 5.41. The molecule has 98 valence electrons. The molecule has 0 saturated heterocycles. The van der Waals surface area contributed by atoms with Gasteiger partial charge >= 0.3 is 0 Å². The van der Waals surface area contributed by atoms with Crippen molar-refractivity contribution in [3.8, 4) is 0 Å². The van der Waals surface area contributed by atoms with Gasteiger partial charge in [-0.2, -0.15) is 0 Å². The lowest BCUT2D eigenvalue weighted by atomic mass is 9.95. The zero-order valence-corrected chi connectivity index (χ0v) is 10.9. The molecule has 1 atom stereocenters. The smallest absolute Gasteiger partial charge is 0.0790 e. The van der Waals surface area contributed by atoms with Gasteiger partial charge < -0.3 is 9.84 Å². The van der Waals surface area contributed by atoms with Crippen LogP contribution in [0.3, 0.4) is 0 Å². The summed E-state index contributed by atoms with van der Waals surface area (Å²) in [7, 11) is 0. The van der Waals surface area contributed by atoms with E-state index in [1.165, 1.54) is 43.2 Å².